The molecule has 5 nitrogen and oxygen atoms in total. The molecular formula is C26H30N4O. The van der Waals surface area contributed by atoms with Crippen LogP contribution < -0.4 is 11.5 Å². The van der Waals surface area contributed by atoms with Crippen molar-refractivity contribution in [3.05, 3.63) is 89.5 Å². The van der Waals surface area contributed by atoms with E-state index in [9.17, 15) is 4.79 Å². The van der Waals surface area contributed by atoms with Crippen LogP contribution in [0.15, 0.2) is 72.8 Å². The Morgan fingerprint density at radius 1 is 1.00 bits per heavy atom. The number of nitrogens with zero attached hydrogens (tertiary/aromatic N) is 2. The Morgan fingerprint density at radius 3 is 2.32 bits per heavy atom. The highest BCUT2D eigenvalue weighted by molar-refractivity contribution is 5.92. The van der Waals surface area contributed by atoms with Crippen molar-refractivity contribution in [2.75, 3.05) is 32.9 Å². The largest absolute Gasteiger partial charge is 0.398 e. The van der Waals surface area contributed by atoms with E-state index < -0.39 is 5.91 Å². The Bertz CT molecular complexity index is 1050. The lowest BCUT2D eigenvalue weighted by molar-refractivity contribution is 0.1000. The van der Waals surface area contributed by atoms with E-state index in [2.05, 4.69) is 54.2 Å². The van der Waals surface area contributed by atoms with Gasteiger partial charge < -0.3 is 16.4 Å². The minimum absolute atomic E-state index is 0.00976. The number of nitrogens with two attached hydrogens (primary N) is 2. The Labute approximate surface area is 184 Å². The molecule has 3 aromatic rings. The van der Waals surface area contributed by atoms with Crippen LogP contribution in [-0.4, -0.2) is 48.9 Å². The van der Waals surface area contributed by atoms with Crippen molar-refractivity contribution in [3.8, 4) is 11.1 Å². The molecule has 2 unspecified atom stereocenters. The summed E-state index contributed by atoms with van der Waals surface area (Å²) in [6.45, 7) is 1.95. The van der Waals surface area contributed by atoms with Crippen molar-refractivity contribution in [3.63, 3.8) is 0 Å². The number of hydrogen-bond acceptors (Lipinski definition) is 4. The number of rotatable bonds is 6. The third-order valence-corrected chi connectivity index (χ3v) is 6.32. The van der Waals surface area contributed by atoms with Crippen LogP contribution in [-0.2, 0) is 0 Å². The summed E-state index contributed by atoms with van der Waals surface area (Å²) < 4.78 is 0. The van der Waals surface area contributed by atoms with Crippen molar-refractivity contribution < 1.29 is 4.79 Å². The molecule has 4 N–H and O–H groups in total. The highest BCUT2D eigenvalue weighted by Gasteiger charge is 2.32. The normalized spacial score (nSPS) is 17.7. The number of amides is 1. The van der Waals surface area contributed by atoms with E-state index in [4.69, 9.17) is 11.5 Å². The van der Waals surface area contributed by atoms with Gasteiger partial charge in [0.25, 0.3) is 0 Å². The van der Waals surface area contributed by atoms with Crippen molar-refractivity contribution in [1.29, 1.82) is 0 Å². The Balaban J connectivity index is 1.79. The van der Waals surface area contributed by atoms with Gasteiger partial charge in [0.15, 0.2) is 0 Å². The fourth-order valence-corrected chi connectivity index (χ4v) is 4.53. The lowest BCUT2D eigenvalue weighted by atomic mass is 9.91. The van der Waals surface area contributed by atoms with Gasteiger partial charge in [0.2, 0.25) is 5.91 Å². The first-order valence-corrected chi connectivity index (χ1v) is 10.7. The number of nitrogen functional groups attached to an aromatic ring is 1. The van der Waals surface area contributed by atoms with Crippen LogP contribution in [0.3, 0.4) is 0 Å². The maximum atomic E-state index is 11.6. The molecule has 31 heavy (non-hydrogen) atoms. The molecule has 0 aliphatic carbocycles. The summed E-state index contributed by atoms with van der Waals surface area (Å²) in [6.07, 6.45) is 1.11. The SMILES string of the molecule is CN(C)C1CCN(C(c2ccc(C(N)=O)cc2)c2cccc(-c3ccccc3)c2N)C1. The summed E-state index contributed by atoms with van der Waals surface area (Å²) in [4.78, 5) is 16.3. The number of para-hydroxylation sites is 1. The number of likely N-dealkylation sites (N-methyl/N-ethyl adjacent to an activating group) is 1. The molecule has 160 valence electrons. The predicted octanol–water partition coefficient (Wildman–Crippen LogP) is 3.76. The van der Waals surface area contributed by atoms with E-state index in [0.717, 1.165) is 47.5 Å². The fraction of sp³-hybridized carbons (Fsp3) is 0.269. The summed E-state index contributed by atoms with van der Waals surface area (Å²) in [7, 11) is 4.27. The molecular weight excluding hydrogens is 384 g/mol. The molecule has 0 bridgehead atoms. The van der Waals surface area contributed by atoms with Gasteiger partial charge in [-0.3, -0.25) is 9.69 Å². The van der Waals surface area contributed by atoms with Crippen LogP contribution in [0.1, 0.15) is 33.9 Å². The maximum absolute atomic E-state index is 11.6. The predicted molar refractivity (Wildman–Crippen MR) is 127 cm³/mol. The van der Waals surface area contributed by atoms with Gasteiger partial charge in [0.1, 0.15) is 0 Å². The average Bonchev–Trinajstić information content (AvgIpc) is 3.26. The average molecular weight is 415 g/mol. The van der Waals surface area contributed by atoms with Crippen LogP contribution >= 0.6 is 0 Å². The number of likely N-dealkylation sites (tertiary alicyclic amines) is 1. The molecule has 1 fully saturated rings. The van der Waals surface area contributed by atoms with Crippen molar-refractivity contribution >= 4 is 11.6 Å². The Kier molecular flexibility index (Phi) is 6.07. The summed E-state index contributed by atoms with van der Waals surface area (Å²) in [5.74, 6) is -0.414. The molecule has 0 spiro atoms. The maximum Gasteiger partial charge on any atom is 0.248 e. The Hall–Kier alpha value is -3.15. The first kappa shape index (κ1) is 21.1. The van der Waals surface area contributed by atoms with Gasteiger partial charge in [0.05, 0.1) is 6.04 Å². The van der Waals surface area contributed by atoms with Crippen LogP contribution in [0.5, 0.6) is 0 Å². The smallest absolute Gasteiger partial charge is 0.248 e. The second-order valence-electron chi connectivity index (χ2n) is 8.46. The van der Waals surface area contributed by atoms with Crippen LogP contribution in [0.25, 0.3) is 11.1 Å². The first-order chi connectivity index (χ1) is 15.0. The molecule has 2 atom stereocenters. The molecule has 1 heterocycles. The van der Waals surface area contributed by atoms with E-state index in [0.29, 0.717) is 11.6 Å². The third kappa shape index (κ3) is 4.33. The highest BCUT2D eigenvalue weighted by Crippen LogP contribution is 2.39. The van der Waals surface area contributed by atoms with Gasteiger partial charge in [-0.2, -0.15) is 0 Å². The van der Waals surface area contributed by atoms with Crippen LogP contribution in [0.4, 0.5) is 5.69 Å². The molecule has 1 saturated heterocycles. The second-order valence-corrected chi connectivity index (χ2v) is 8.46. The monoisotopic (exact) mass is 414 g/mol. The van der Waals surface area contributed by atoms with E-state index in [1.165, 1.54) is 0 Å². The molecule has 3 aromatic carbocycles. The van der Waals surface area contributed by atoms with Gasteiger partial charge in [-0.1, -0.05) is 60.7 Å². The molecule has 1 aliphatic heterocycles. The molecule has 5 heteroatoms. The van der Waals surface area contributed by atoms with Gasteiger partial charge in [0, 0.05) is 35.9 Å². The molecule has 0 radical (unpaired) electrons. The summed E-state index contributed by atoms with van der Waals surface area (Å²) in [5.41, 5.74) is 17.9. The quantitative estimate of drug-likeness (QED) is 0.602. The van der Waals surface area contributed by atoms with Crippen LogP contribution in [0.2, 0.25) is 0 Å². The lowest BCUT2D eigenvalue weighted by Crippen LogP contribution is -2.34. The molecule has 1 amide bonds. The highest BCUT2D eigenvalue weighted by atomic mass is 16.1. The van der Waals surface area contributed by atoms with Gasteiger partial charge in [-0.05, 0) is 49.3 Å². The van der Waals surface area contributed by atoms with E-state index >= 15 is 0 Å². The van der Waals surface area contributed by atoms with E-state index in [1.54, 1.807) is 12.1 Å². The van der Waals surface area contributed by atoms with Gasteiger partial charge in [-0.15, -0.1) is 0 Å². The zero-order valence-corrected chi connectivity index (χ0v) is 18.2. The number of anilines is 1. The van der Waals surface area contributed by atoms with E-state index in [-0.39, 0.29) is 6.04 Å². The number of hydrogen-bond donors (Lipinski definition) is 2. The zero-order chi connectivity index (χ0) is 22.0. The summed E-state index contributed by atoms with van der Waals surface area (Å²) in [6, 6.07) is 24.7. The van der Waals surface area contributed by atoms with Crippen LogP contribution in [0, 0.1) is 0 Å². The molecule has 0 aromatic heterocycles. The number of benzene rings is 3. The summed E-state index contributed by atoms with van der Waals surface area (Å²) in [5, 5.41) is 0. The van der Waals surface area contributed by atoms with E-state index in [1.807, 2.05) is 30.3 Å². The zero-order valence-electron chi connectivity index (χ0n) is 18.2. The molecule has 4 rings (SSSR count). The van der Waals surface area contributed by atoms with Crippen molar-refractivity contribution in [2.24, 2.45) is 5.73 Å². The number of primary amides is 1. The number of carbonyl (C=O) groups excluding carboxylic acids is 1. The lowest BCUT2D eigenvalue weighted by Gasteiger charge is -2.31. The molecule has 0 saturated carbocycles. The molecule has 1 aliphatic rings. The Morgan fingerprint density at radius 2 is 1.71 bits per heavy atom. The van der Waals surface area contributed by atoms with Crippen molar-refractivity contribution in [1.82, 2.24) is 9.80 Å². The third-order valence-electron chi connectivity index (χ3n) is 6.32. The number of carbonyl (C=O) groups is 1. The first-order valence-electron chi connectivity index (χ1n) is 10.7. The topological polar surface area (TPSA) is 75.6 Å². The van der Waals surface area contributed by atoms with Gasteiger partial charge >= 0.3 is 0 Å². The second kappa shape index (κ2) is 8.92. The summed E-state index contributed by atoms with van der Waals surface area (Å²) >= 11 is 0. The minimum atomic E-state index is -0.414. The van der Waals surface area contributed by atoms with Gasteiger partial charge in [-0.25, -0.2) is 0 Å². The van der Waals surface area contributed by atoms with Crippen molar-refractivity contribution in [2.45, 2.75) is 18.5 Å². The minimum Gasteiger partial charge on any atom is -0.398 e. The standard InChI is InChI=1S/C26H30N4O/c1-29(2)21-15-16-30(17-21)25(19-11-13-20(14-12-19)26(28)31)23-10-6-9-22(24(23)27)18-7-4-3-5-8-18/h3-14,21,25H,15-17,27H2,1-2H3,(H2,28,31). The fourth-order valence-electron chi connectivity index (χ4n) is 4.53.